The number of carbonyl (C=O) groups is 2. The molecule has 2 heterocycles. The molecule has 6 nitrogen and oxygen atoms in total. The van der Waals surface area contributed by atoms with Gasteiger partial charge in [-0.25, -0.2) is 4.98 Å². The summed E-state index contributed by atoms with van der Waals surface area (Å²) < 4.78 is 0. The molecule has 1 aliphatic rings. The van der Waals surface area contributed by atoms with Crippen LogP contribution in [0.15, 0.2) is 72.9 Å². The number of piperazine rings is 1. The van der Waals surface area contributed by atoms with Gasteiger partial charge in [0.15, 0.2) is 0 Å². The number of aromatic nitrogens is 1. The van der Waals surface area contributed by atoms with Gasteiger partial charge in [-0.15, -0.1) is 0 Å². The van der Waals surface area contributed by atoms with Gasteiger partial charge >= 0.3 is 0 Å². The van der Waals surface area contributed by atoms with Crippen LogP contribution in [0.1, 0.15) is 10.4 Å². The van der Waals surface area contributed by atoms with Gasteiger partial charge in [0.25, 0.3) is 5.91 Å². The second-order valence-corrected chi connectivity index (χ2v) is 6.62. The van der Waals surface area contributed by atoms with E-state index in [-0.39, 0.29) is 24.2 Å². The normalized spacial score (nSPS) is 14.2. The lowest BCUT2D eigenvalue weighted by molar-refractivity contribution is -0.120. The van der Waals surface area contributed by atoms with Crippen molar-refractivity contribution in [2.24, 2.45) is 0 Å². The highest BCUT2D eigenvalue weighted by Gasteiger charge is 2.29. The van der Waals surface area contributed by atoms with Crippen molar-refractivity contribution in [3.63, 3.8) is 0 Å². The van der Waals surface area contributed by atoms with E-state index in [2.05, 4.69) is 4.98 Å². The maximum absolute atomic E-state index is 12.9. The van der Waals surface area contributed by atoms with E-state index in [0.717, 1.165) is 16.8 Å². The number of carbonyl (C=O) groups excluding carboxylic acids is 2. The van der Waals surface area contributed by atoms with Crippen LogP contribution in [0.3, 0.4) is 0 Å². The van der Waals surface area contributed by atoms with Gasteiger partial charge in [0.1, 0.15) is 12.4 Å². The van der Waals surface area contributed by atoms with E-state index in [1.54, 1.807) is 15.9 Å². The van der Waals surface area contributed by atoms with E-state index in [0.29, 0.717) is 18.7 Å². The standard InChI is InChI=1S/C22H20N4O2/c23-20-14-17(10-11-24-20)22(28)25-12-13-26(21(27)15-25)19-9-5-4-8-18(19)16-6-2-1-3-7-16/h1-11,14H,12-13,15H2,(H2,23,24). The summed E-state index contributed by atoms with van der Waals surface area (Å²) in [5.41, 5.74) is 9.02. The molecule has 2 amide bonds. The SMILES string of the molecule is Nc1cc(C(=O)N2CCN(c3ccccc3-c3ccccc3)C(=O)C2)ccn1. The summed E-state index contributed by atoms with van der Waals surface area (Å²) >= 11 is 0. The third kappa shape index (κ3) is 3.44. The monoisotopic (exact) mass is 372 g/mol. The number of rotatable bonds is 3. The largest absolute Gasteiger partial charge is 0.384 e. The van der Waals surface area contributed by atoms with Crippen LogP contribution in [0.2, 0.25) is 0 Å². The second kappa shape index (κ2) is 7.52. The molecule has 28 heavy (non-hydrogen) atoms. The Kier molecular flexibility index (Phi) is 4.76. The molecule has 0 unspecified atom stereocenters. The minimum atomic E-state index is -0.210. The van der Waals surface area contributed by atoms with E-state index < -0.39 is 0 Å². The van der Waals surface area contributed by atoms with Crippen molar-refractivity contribution < 1.29 is 9.59 Å². The number of hydrogen-bond acceptors (Lipinski definition) is 4. The number of para-hydroxylation sites is 1. The van der Waals surface area contributed by atoms with E-state index in [1.165, 1.54) is 12.3 Å². The number of nitrogen functional groups attached to an aromatic ring is 1. The molecule has 0 atom stereocenters. The van der Waals surface area contributed by atoms with Gasteiger partial charge in [-0.1, -0.05) is 48.5 Å². The summed E-state index contributed by atoms with van der Waals surface area (Å²) in [5, 5.41) is 0. The predicted octanol–water partition coefficient (Wildman–Crippen LogP) is 2.82. The third-order valence-corrected chi connectivity index (χ3v) is 4.82. The second-order valence-electron chi connectivity index (χ2n) is 6.62. The number of benzene rings is 2. The molecule has 0 spiro atoms. The molecule has 2 aromatic carbocycles. The van der Waals surface area contributed by atoms with Crippen molar-refractivity contribution in [3.8, 4) is 11.1 Å². The van der Waals surface area contributed by atoms with Gasteiger partial charge in [-0.3, -0.25) is 9.59 Å². The van der Waals surface area contributed by atoms with Gasteiger partial charge < -0.3 is 15.5 Å². The highest BCUT2D eigenvalue weighted by molar-refractivity contribution is 6.03. The molecular weight excluding hydrogens is 352 g/mol. The highest BCUT2D eigenvalue weighted by Crippen LogP contribution is 2.31. The molecule has 3 aromatic rings. The average Bonchev–Trinajstić information content (AvgIpc) is 2.74. The molecule has 0 bridgehead atoms. The molecule has 2 N–H and O–H groups in total. The van der Waals surface area contributed by atoms with Crippen molar-refractivity contribution in [1.82, 2.24) is 9.88 Å². The fourth-order valence-electron chi connectivity index (χ4n) is 3.44. The van der Waals surface area contributed by atoms with Crippen LogP contribution in [0.5, 0.6) is 0 Å². The first kappa shape index (κ1) is 17.7. The fourth-order valence-corrected chi connectivity index (χ4v) is 3.44. The summed E-state index contributed by atoms with van der Waals surface area (Å²) in [6.45, 7) is 0.926. The minimum Gasteiger partial charge on any atom is -0.384 e. The lowest BCUT2D eigenvalue weighted by Gasteiger charge is -2.35. The fraction of sp³-hybridized carbons (Fsp3) is 0.136. The number of hydrogen-bond donors (Lipinski definition) is 1. The summed E-state index contributed by atoms with van der Waals surface area (Å²) in [7, 11) is 0. The predicted molar refractivity (Wildman–Crippen MR) is 109 cm³/mol. The number of amides is 2. The summed E-state index contributed by atoms with van der Waals surface area (Å²) in [6, 6.07) is 21.0. The van der Waals surface area contributed by atoms with Crippen LogP contribution < -0.4 is 10.6 Å². The quantitative estimate of drug-likeness (QED) is 0.767. The average molecular weight is 372 g/mol. The topological polar surface area (TPSA) is 79.5 Å². The zero-order valence-electron chi connectivity index (χ0n) is 15.3. The maximum atomic E-state index is 12.9. The Hall–Kier alpha value is -3.67. The molecule has 0 aliphatic carbocycles. The molecule has 1 aliphatic heterocycles. The summed E-state index contributed by atoms with van der Waals surface area (Å²) in [5.74, 6) is -0.0314. The van der Waals surface area contributed by atoms with Crippen molar-refractivity contribution in [3.05, 3.63) is 78.5 Å². The van der Waals surface area contributed by atoms with Crippen LogP contribution in [-0.2, 0) is 4.79 Å². The van der Waals surface area contributed by atoms with Gasteiger partial charge in [-0.05, 0) is 23.8 Å². The van der Waals surface area contributed by atoms with Crippen LogP contribution in [0.25, 0.3) is 11.1 Å². The Morgan fingerprint density at radius 1 is 0.964 bits per heavy atom. The zero-order chi connectivity index (χ0) is 19.5. The van der Waals surface area contributed by atoms with Crippen molar-refractivity contribution >= 4 is 23.3 Å². The Morgan fingerprint density at radius 3 is 2.46 bits per heavy atom. The molecular formula is C22H20N4O2. The van der Waals surface area contributed by atoms with Gasteiger partial charge in [-0.2, -0.15) is 0 Å². The Morgan fingerprint density at radius 2 is 1.71 bits per heavy atom. The molecule has 1 aromatic heterocycles. The lowest BCUT2D eigenvalue weighted by atomic mass is 10.0. The van der Waals surface area contributed by atoms with Crippen LogP contribution in [0.4, 0.5) is 11.5 Å². The highest BCUT2D eigenvalue weighted by atomic mass is 16.2. The Labute approximate surface area is 163 Å². The first-order chi connectivity index (χ1) is 13.6. The summed E-state index contributed by atoms with van der Waals surface area (Å²) in [6.07, 6.45) is 1.50. The zero-order valence-corrected chi connectivity index (χ0v) is 15.3. The van der Waals surface area contributed by atoms with Crippen LogP contribution in [0, 0.1) is 0 Å². The molecule has 4 rings (SSSR count). The van der Waals surface area contributed by atoms with E-state index in [4.69, 9.17) is 5.73 Å². The van der Waals surface area contributed by atoms with Crippen molar-refractivity contribution in [2.75, 3.05) is 30.3 Å². The molecule has 0 saturated carbocycles. The Bertz CT molecular complexity index is 1020. The first-order valence-corrected chi connectivity index (χ1v) is 9.09. The lowest BCUT2D eigenvalue weighted by Crippen LogP contribution is -2.52. The van der Waals surface area contributed by atoms with Crippen LogP contribution >= 0.6 is 0 Å². The number of anilines is 2. The molecule has 1 saturated heterocycles. The summed E-state index contributed by atoms with van der Waals surface area (Å²) in [4.78, 5) is 32.8. The maximum Gasteiger partial charge on any atom is 0.254 e. The van der Waals surface area contributed by atoms with Gasteiger partial charge in [0, 0.05) is 30.4 Å². The number of nitrogens with zero attached hydrogens (tertiary/aromatic N) is 3. The number of pyridine rings is 1. The van der Waals surface area contributed by atoms with Gasteiger partial charge in [0.2, 0.25) is 5.91 Å². The molecule has 1 fully saturated rings. The Balaban J connectivity index is 1.56. The van der Waals surface area contributed by atoms with E-state index in [1.807, 2.05) is 54.6 Å². The first-order valence-electron chi connectivity index (χ1n) is 9.09. The third-order valence-electron chi connectivity index (χ3n) is 4.82. The van der Waals surface area contributed by atoms with E-state index >= 15 is 0 Å². The smallest absolute Gasteiger partial charge is 0.254 e. The van der Waals surface area contributed by atoms with Crippen molar-refractivity contribution in [2.45, 2.75) is 0 Å². The van der Waals surface area contributed by atoms with E-state index in [9.17, 15) is 9.59 Å². The molecule has 6 heteroatoms. The van der Waals surface area contributed by atoms with Gasteiger partial charge in [0.05, 0.1) is 5.69 Å². The van der Waals surface area contributed by atoms with Crippen molar-refractivity contribution in [1.29, 1.82) is 0 Å². The molecule has 0 radical (unpaired) electrons. The minimum absolute atomic E-state index is 0.0319. The van der Waals surface area contributed by atoms with Crippen LogP contribution in [-0.4, -0.2) is 41.3 Å². The molecule has 140 valence electrons. The number of nitrogens with two attached hydrogens (primary N) is 1.